The summed E-state index contributed by atoms with van der Waals surface area (Å²) in [5, 5.41) is 10.7. The Balaban J connectivity index is 2.50. The Morgan fingerprint density at radius 3 is 2.42 bits per heavy atom. The van der Waals surface area contributed by atoms with Gasteiger partial charge in [0, 0.05) is 9.37 Å². The van der Waals surface area contributed by atoms with E-state index < -0.39 is 6.10 Å². The van der Waals surface area contributed by atoms with E-state index >= 15 is 0 Å². The predicted molar refractivity (Wildman–Crippen MR) is 85.9 cm³/mol. The summed E-state index contributed by atoms with van der Waals surface area (Å²) in [6, 6.07) is 12.1. The van der Waals surface area contributed by atoms with Gasteiger partial charge in [0.1, 0.15) is 6.10 Å². The molecule has 0 bridgehead atoms. The maximum Gasteiger partial charge on any atom is 0.105 e. The lowest BCUT2D eigenvalue weighted by Crippen LogP contribution is -2.04. The minimum absolute atomic E-state index is 0.574. The van der Waals surface area contributed by atoms with Crippen molar-refractivity contribution >= 4 is 27.7 Å². The van der Waals surface area contributed by atoms with Crippen molar-refractivity contribution in [3.63, 3.8) is 0 Å². The summed E-state index contributed by atoms with van der Waals surface area (Å²) >= 11 is 5.19. The molecule has 3 heteroatoms. The molecular formula is C16H17BrOS. The van der Waals surface area contributed by atoms with Crippen LogP contribution >= 0.6 is 27.7 Å². The van der Waals surface area contributed by atoms with Gasteiger partial charge in [-0.2, -0.15) is 0 Å². The molecule has 0 amide bonds. The Morgan fingerprint density at radius 2 is 1.74 bits per heavy atom. The average Bonchev–Trinajstić information content (AvgIpc) is 2.42. The van der Waals surface area contributed by atoms with Gasteiger partial charge in [0.2, 0.25) is 0 Å². The molecule has 2 aromatic carbocycles. The van der Waals surface area contributed by atoms with E-state index in [9.17, 15) is 5.11 Å². The fraction of sp³-hybridized carbons (Fsp3) is 0.250. The topological polar surface area (TPSA) is 20.2 Å². The molecule has 100 valence electrons. The second-order valence-corrected chi connectivity index (χ2v) is 6.30. The van der Waals surface area contributed by atoms with Gasteiger partial charge in [-0.05, 0) is 54.5 Å². The summed E-state index contributed by atoms with van der Waals surface area (Å²) in [5.74, 6) is 0. The SMILES string of the molecule is CSc1ccccc1C(O)c1cc(C)c(Br)cc1C. The minimum Gasteiger partial charge on any atom is -0.384 e. The van der Waals surface area contributed by atoms with Gasteiger partial charge in [0.15, 0.2) is 0 Å². The molecule has 1 atom stereocenters. The van der Waals surface area contributed by atoms with Crippen molar-refractivity contribution in [2.24, 2.45) is 0 Å². The normalized spacial score (nSPS) is 12.5. The Labute approximate surface area is 127 Å². The largest absolute Gasteiger partial charge is 0.384 e. The molecule has 19 heavy (non-hydrogen) atoms. The predicted octanol–water partition coefficient (Wildman–Crippen LogP) is 4.87. The second-order valence-electron chi connectivity index (χ2n) is 4.60. The number of thioether (sulfide) groups is 1. The van der Waals surface area contributed by atoms with E-state index in [0.717, 1.165) is 31.6 Å². The molecule has 0 fully saturated rings. The molecule has 1 unspecified atom stereocenters. The van der Waals surface area contributed by atoms with Crippen LogP contribution in [0.5, 0.6) is 0 Å². The number of rotatable bonds is 3. The standard InChI is InChI=1S/C16H17BrOS/c1-10-9-14(17)11(2)8-13(10)16(18)12-6-4-5-7-15(12)19-3/h4-9,16,18H,1-3H3. The summed E-state index contributed by atoms with van der Waals surface area (Å²) in [7, 11) is 0. The first-order valence-electron chi connectivity index (χ1n) is 6.12. The van der Waals surface area contributed by atoms with E-state index in [1.807, 2.05) is 44.4 Å². The highest BCUT2D eigenvalue weighted by atomic mass is 79.9. The molecule has 0 spiro atoms. The van der Waals surface area contributed by atoms with Gasteiger partial charge in [0.05, 0.1) is 0 Å². The third-order valence-electron chi connectivity index (χ3n) is 3.28. The molecule has 0 aliphatic heterocycles. The first-order valence-corrected chi connectivity index (χ1v) is 8.14. The van der Waals surface area contributed by atoms with Gasteiger partial charge in [-0.3, -0.25) is 0 Å². The number of aliphatic hydroxyl groups excluding tert-OH is 1. The molecule has 1 nitrogen and oxygen atoms in total. The minimum atomic E-state index is -0.574. The van der Waals surface area contributed by atoms with Crippen LogP contribution in [0, 0.1) is 13.8 Å². The second kappa shape index (κ2) is 6.12. The van der Waals surface area contributed by atoms with E-state index in [-0.39, 0.29) is 0 Å². The number of hydrogen-bond donors (Lipinski definition) is 1. The van der Waals surface area contributed by atoms with Crippen LogP contribution in [-0.4, -0.2) is 11.4 Å². The van der Waals surface area contributed by atoms with Crippen molar-refractivity contribution in [2.45, 2.75) is 24.8 Å². The van der Waals surface area contributed by atoms with Crippen LogP contribution in [-0.2, 0) is 0 Å². The van der Waals surface area contributed by atoms with E-state index in [2.05, 4.69) is 28.1 Å². The van der Waals surface area contributed by atoms with Crippen LogP contribution in [0.25, 0.3) is 0 Å². The third kappa shape index (κ3) is 3.04. The van der Waals surface area contributed by atoms with Crippen LogP contribution in [0.15, 0.2) is 45.8 Å². The highest BCUT2D eigenvalue weighted by molar-refractivity contribution is 9.10. The zero-order chi connectivity index (χ0) is 14.0. The van der Waals surface area contributed by atoms with Gasteiger partial charge in [-0.25, -0.2) is 0 Å². The average molecular weight is 337 g/mol. The Morgan fingerprint density at radius 1 is 1.05 bits per heavy atom. The van der Waals surface area contributed by atoms with Gasteiger partial charge >= 0.3 is 0 Å². The molecule has 0 heterocycles. The van der Waals surface area contributed by atoms with Crippen molar-refractivity contribution in [3.8, 4) is 0 Å². The maximum absolute atomic E-state index is 10.7. The van der Waals surface area contributed by atoms with Crippen molar-refractivity contribution < 1.29 is 5.11 Å². The highest BCUT2D eigenvalue weighted by Gasteiger charge is 2.16. The number of benzene rings is 2. The summed E-state index contributed by atoms with van der Waals surface area (Å²) in [6.45, 7) is 4.07. The highest BCUT2D eigenvalue weighted by Crippen LogP contribution is 2.33. The van der Waals surface area contributed by atoms with Crippen molar-refractivity contribution in [1.82, 2.24) is 0 Å². The number of aliphatic hydroxyl groups is 1. The first kappa shape index (κ1) is 14.6. The Bertz CT molecular complexity index is 595. The van der Waals surface area contributed by atoms with Gasteiger partial charge in [0.25, 0.3) is 0 Å². The molecule has 0 radical (unpaired) electrons. The van der Waals surface area contributed by atoms with E-state index in [1.54, 1.807) is 11.8 Å². The smallest absolute Gasteiger partial charge is 0.105 e. The molecule has 0 saturated heterocycles. The van der Waals surface area contributed by atoms with Crippen LogP contribution in [0.3, 0.4) is 0 Å². The fourth-order valence-corrected chi connectivity index (χ4v) is 3.25. The number of hydrogen-bond acceptors (Lipinski definition) is 2. The van der Waals surface area contributed by atoms with E-state index in [0.29, 0.717) is 0 Å². The zero-order valence-corrected chi connectivity index (χ0v) is 13.7. The van der Waals surface area contributed by atoms with Crippen LogP contribution in [0.4, 0.5) is 0 Å². The molecule has 0 saturated carbocycles. The zero-order valence-electron chi connectivity index (χ0n) is 11.3. The molecule has 2 aromatic rings. The van der Waals surface area contributed by atoms with E-state index in [1.165, 1.54) is 0 Å². The summed E-state index contributed by atoms with van der Waals surface area (Å²) in [5.41, 5.74) is 4.18. The summed E-state index contributed by atoms with van der Waals surface area (Å²) in [6.07, 6.45) is 1.46. The maximum atomic E-state index is 10.7. The molecular weight excluding hydrogens is 320 g/mol. The summed E-state index contributed by atoms with van der Waals surface area (Å²) < 4.78 is 1.08. The van der Waals surface area contributed by atoms with Gasteiger partial charge in [-0.1, -0.05) is 40.2 Å². The Kier molecular flexibility index (Phi) is 4.71. The summed E-state index contributed by atoms with van der Waals surface area (Å²) in [4.78, 5) is 1.12. The molecule has 2 rings (SSSR count). The quantitative estimate of drug-likeness (QED) is 0.807. The van der Waals surface area contributed by atoms with Gasteiger partial charge < -0.3 is 5.11 Å². The Hall–Kier alpha value is -0.770. The lowest BCUT2D eigenvalue weighted by atomic mass is 9.96. The number of halogens is 1. The van der Waals surface area contributed by atoms with Gasteiger partial charge in [-0.15, -0.1) is 11.8 Å². The monoisotopic (exact) mass is 336 g/mol. The van der Waals surface area contributed by atoms with Crippen LogP contribution < -0.4 is 0 Å². The number of aryl methyl sites for hydroxylation is 2. The molecule has 1 N–H and O–H groups in total. The van der Waals surface area contributed by atoms with Crippen molar-refractivity contribution in [2.75, 3.05) is 6.26 Å². The van der Waals surface area contributed by atoms with Crippen molar-refractivity contribution in [1.29, 1.82) is 0 Å². The lowest BCUT2D eigenvalue weighted by molar-refractivity contribution is 0.216. The molecule has 0 aliphatic carbocycles. The third-order valence-corrected chi connectivity index (χ3v) is 4.94. The molecule has 0 aliphatic rings. The molecule has 0 aromatic heterocycles. The van der Waals surface area contributed by atoms with Crippen molar-refractivity contribution in [3.05, 3.63) is 63.1 Å². The lowest BCUT2D eigenvalue weighted by Gasteiger charge is -2.18. The fourth-order valence-electron chi connectivity index (χ4n) is 2.16. The first-order chi connectivity index (χ1) is 9.04. The van der Waals surface area contributed by atoms with E-state index in [4.69, 9.17) is 0 Å². The van der Waals surface area contributed by atoms with Crippen LogP contribution in [0.2, 0.25) is 0 Å². The van der Waals surface area contributed by atoms with Crippen LogP contribution in [0.1, 0.15) is 28.4 Å².